The topological polar surface area (TPSA) is 141 Å². The van der Waals surface area contributed by atoms with E-state index >= 15 is 0 Å². The van der Waals surface area contributed by atoms with Gasteiger partial charge in [-0.3, -0.25) is 14.5 Å². The Kier molecular flexibility index (Phi) is 7.10. The standard InChI is InChI=1S/C23H24N4O5S/c1-14-7-8-21(15(2)9-14)27-33(31,32)19-6-4-5-17(10-19)23(30)26-25-12-20-18(13-28)11-24-16(3)22(20)29/h4-12,27-29H,13H2,1-3H3,(H,26,30)/b25-12+. The molecule has 9 nitrogen and oxygen atoms in total. The number of carbonyl (C=O) groups excluding carboxylic acids is 1. The molecule has 172 valence electrons. The Bertz CT molecular complexity index is 1340. The molecular weight excluding hydrogens is 444 g/mol. The second-order valence-electron chi connectivity index (χ2n) is 7.44. The minimum Gasteiger partial charge on any atom is -0.505 e. The summed E-state index contributed by atoms with van der Waals surface area (Å²) in [4.78, 5) is 16.4. The summed E-state index contributed by atoms with van der Waals surface area (Å²) < 4.78 is 28.2. The number of carbonyl (C=O) groups is 1. The molecule has 0 radical (unpaired) electrons. The van der Waals surface area contributed by atoms with Gasteiger partial charge in [0.2, 0.25) is 0 Å². The second-order valence-corrected chi connectivity index (χ2v) is 9.12. The number of aliphatic hydroxyl groups is 1. The molecule has 1 heterocycles. The molecule has 0 saturated heterocycles. The monoisotopic (exact) mass is 468 g/mol. The Hall–Kier alpha value is -3.76. The van der Waals surface area contributed by atoms with Crippen LogP contribution in [-0.2, 0) is 16.6 Å². The number of hydrogen-bond acceptors (Lipinski definition) is 7. The average Bonchev–Trinajstić information content (AvgIpc) is 2.78. The van der Waals surface area contributed by atoms with E-state index in [1.165, 1.54) is 36.7 Å². The van der Waals surface area contributed by atoms with Gasteiger partial charge in [0.05, 0.1) is 29.1 Å². The number of aliphatic hydroxyl groups excluding tert-OH is 1. The van der Waals surface area contributed by atoms with Crippen LogP contribution in [0.15, 0.2) is 58.7 Å². The molecule has 33 heavy (non-hydrogen) atoms. The van der Waals surface area contributed by atoms with Gasteiger partial charge in [-0.2, -0.15) is 5.10 Å². The largest absolute Gasteiger partial charge is 0.505 e. The number of hydrogen-bond donors (Lipinski definition) is 4. The zero-order chi connectivity index (χ0) is 24.2. The Balaban J connectivity index is 1.79. The Labute approximate surface area is 191 Å². The van der Waals surface area contributed by atoms with Crippen LogP contribution in [0.5, 0.6) is 5.75 Å². The van der Waals surface area contributed by atoms with Gasteiger partial charge in [0.1, 0.15) is 5.75 Å². The van der Waals surface area contributed by atoms with E-state index in [9.17, 15) is 23.4 Å². The van der Waals surface area contributed by atoms with Crippen LogP contribution in [0.2, 0.25) is 0 Å². The van der Waals surface area contributed by atoms with E-state index in [1.807, 2.05) is 13.0 Å². The first-order valence-electron chi connectivity index (χ1n) is 9.94. The number of benzene rings is 2. The van der Waals surface area contributed by atoms with Crippen LogP contribution in [0.1, 0.15) is 38.3 Å². The van der Waals surface area contributed by atoms with Crippen LogP contribution in [0.4, 0.5) is 5.69 Å². The molecule has 1 amide bonds. The lowest BCUT2D eigenvalue weighted by Crippen LogP contribution is -2.19. The number of hydrazone groups is 1. The minimum absolute atomic E-state index is 0.0770. The molecule has 2 aromatic carbocycles. The molecule has 4 N–H and O–H groups in total. The molecule has 1 aromatic heterocycles. The van der Waals surface area contributed by atoms with Crippen LogP contribution >= 0.6 is 0 Å². The van der Waals surface area contributed by atoms with Crippen molar-refractivity contribution < 1.29 is 23.4 Å². The van der Waals surface area contributed by atoms with Gasteiger partial charge in [0.25, 0.3) is 15.9 Å². The molecule has 0 spiro atoms. The van der Waals surface area contributed by atoms with Crippen molar-refractivity contribution in [3.8, 4) is 5.75 Å². The van der Waals surface area contributed by atoms with E-state index in [-0.39, 0.29) is 28.4 Å². The highest BCUT2D eigenvalue weighted by Gasteiger charge is 2.17. The first-order chi connectivity index (χ1) is 15.6. The maximum Gasteiger partial charge on any atom is 0.271 e. The number of aryl methyl sites for hydroxylation is 3. The highest BCUT2D eigenvalue weighted by atomic mass is 32.2. The van der Waals surface area contributed by atoms with Crippen LogP contribution < -0.4 is 10.1 Å². The zero-order valence-corrected chi connectivity index (χ0v) is 19.1. The van der Waals surface area contributed by atoms with Crippen molar-refractivity contribution in [2.45, 2.75) is 32.3 Å². The molecular formula is C23H24N4O5S. The predicted octanol–water partition coefficient (Wildman–Crippen LogP) is 2.77. The van der Waals surface area contributed by atoms with Gasteiger partial charge in [-0.25, -0.2) is 13.8 Å². The molecule has 0 unspecified atom stereocenters. The maximum atomic E-state index is 12.8. The summed E-state index contributed by atoms with van der Waals surface area (Å²) >= 11 is 0. The molecule has 0 aliphatic carbocycles. The van der Waals surface area contributed by atoms with E-state index in [0.717, 1.165) is 11.1 Å². The number of aromatic hydroxyl groups is 1. The van der Waals surface area contributed by atoms with E-state index < -0.39 is 15.9 Å². The molecule has 0 atom stereocenters. The normalized spacial score (nSPS) is 11.5. The number of amides is 1. The molecule has 0 saturated carbocycles. The molecule has 10 heteroatoms. The van der Waals surface area contributed by atoms with Crippen LogP contribution in [0, 0.1) is 20.8 Å². The Morgan fingerprint density at radius 2 is 1.91 bits per heavy atom. The van der Waals surface area contributed by atoms with Gasteiger partial charge in [-0.1, -0.05) is 23.8 Å². The molecule has 3 rings (SSSR count). The van der Waals surface area contributed by atoms with Crippen molar-refractivity contribution in [1.29, 1.82) is 0 Å². The fourth-order valence-corrected chi connectivity index (χ4v) is 4.25. The summed E-state index contributed by atoms with van der Waals surface area (Å²) in [6.45, 7) is 4.93. The summed E-state index contributed by atoms with van der Waals surface area (Å²) in [5, 5.41) is 23.3. The van der Waals surface area contributed by atoms with E-state index in [4.69, 9.17) is 0 Å². The minimum atomic E-state index is -3.92. The number of nitrogens with one attached hydrogen (secondary N) is 2. The van der Waals surface area contributed by atoms with E-state index in [1.54, 1.807) is 26.0 Å². The fourth-order valence-electron chi connectivity index (χ4n) is 3.08. The van der Waals surface area contributed by atoms with Gasteiger partial charge in [-0.15, -0.1) is 0 Å². The number of rotatable bonds is 7. The first kappa shape index (κ1) is 23.9. The third-order valence-electron chi connectivity index (χ3n) is 4.92. The summed E-state index contributed by atoms with van der Waals surface area (Å²) in [6, 6.07) is 10.9. The predicted molar refractivity (Wildman–Crippen MR) is 125 cm³/mol. The SMILES string of the molecule is Cc1ccc(NS(=O)(=O)c2cccc(C(=O)N/N=C/c3c(CO)cnc(C)c3O)c2)c(C)c1. The van der Waals surface area contributed by atoms with Crippen molar-refractivity contribution in [3.05, 3.63) is 82.2 Å². The van der Waals surface area contributed by atoms with Crippen molar-refractivity contribution >= 4 is 27.8 Å². The van der Waals surface area contributed by atoms with Gasteiger partial charge in [0.15, 0.2) is 0 Å². The quantitative estimate of drug-likeness (QED) is 0.310. The second kappa shape index (κ2) is 9.80. The highest BCUT2D eigenvalue weighted by molar-refractivity contribution is 7.92. The summed E-state index contributed by atoms with van der Waals surface area (Å²) in [7, 11) is -3.92. The fraction of sp³-hybridized carbons (Fsp3) is 0.174. The first-order valence-corrected chi connectivity index (χ1v) is 11.4. The maximum absolute atomic E-state index is 12.8. The third-order valence-corrected chi connectivity index (χ3v) is 6.28. The Morgan fingerprint density at radius 3 is 2.61 bits per heavy atom. The summed E-state index contributed by atoms with van der Waals surface area (Å²) in [6.07, 6.45) is 2.59. The van der Waals surface area contributed by atoms with Crippen molar-refractivity contribution in [2.24, 2.45) is 5.10 Å². The van der Waals surface area contributed by atoms with Crippen molar-refractivity contribution in [1.82, 2.24) is 10.4 Å². The molecule has 0 aliphatic rings. The van der Waals surface area contributed by atoms with Crippen LogP contribution in [0.3, 0.4) is 0 Å². The highest BCUT2D eigenvalue weighted by Crippen LogP contribution is 2.23. The summed E-state index contributed by atoms with van der Waals surface area (Å²) in [5.74, 6) is -0.809. The number of aromatic nitrogens is 1. The number of nitrogens with zero attached hydrogens (tertiary/aromatic N) is 2. The van der Waals surface area contributed by atoms with Crippen LogP contribution in [-0.4, -0.2) is 35.7 Å². The van der Waals surface area contributed by atoms with Gasteiger partial charge in [-0.05, 0) is 50.6 Å². The van der Waals surface area contributed by atoms with Gasteiger partial charge >= 0.3 is 0 Å². The molecule has 0 fully saturated rings. The molecule has 0 aliphatic heterocycles. The molecule has 3 aromatic rings. The number of pyridine rings is 1. The Morgan fingerprint density at radius 1 is 1.15 bits per heavy atom. The average molecular weight is 469 g/mol. The van der Waals surface area contributed by atoms with E-state index in [2.05, 4.69) is 20.2 Å². The molecule has 0 bridgehead atoms. The number of anilines is 1. The van der Waals surface area contributed by atoms with Gasteiger partial charge < -0.3 is 10.2 Å². The van der Waals surface area contributed by atoms with Crippen molar-refractivity contribution in [3.63, 3.8) is 0 Å². The van der Waals surface area contributed by atoms with Gasteiger partial charge in [0, 0.05) is 22.9 Å². The van der Waals surface area contributed by atoms with Crippen molar-refractivity contribution in [2.75, 3.05) is 4.72 Å². The van der Waals surface area contributed by atoms with E-state index in [0.29, 0.717) is 16.9 Å². The third kappa shape index (κ3) is 5.54. The van der Waals surface area contributed by atoms with Crippen LogP contribution in [0.25, 0.3) is 0 Å². The zero-order valence-electron chi connectivity index (χ0n) is 18.3. The lowest BCUT2D eigenvalue weighted by atomic mass is 10.1. The number of sulfonamides is 1. The smallest absolute Gasteiger partial charge is 0.271 e. The lowest BCUT2D eigenvalue weighted by molar-refractivity contribution is 0.0955. The lowest BCUT2D eigenvalue weighted by Gasteiger charge is -2.12. The summed E-state index contributed by atoms with van der Waals surface area (Å²) in [5.41, 5.74) is 5.50.